The molecule has 1 unspecified atom stereocenters. The summed E-state index contributed by atoms with van der Waals surface area (Å²) in [6.07, 6.45) is 3.79. The van der Waals surface area contributed by atoms with Crippen molar-refractivity contribution in [3.05, 3.63) is 34.9 Å². The maximum Gasteiger partial charge on any atom is 0.0194 e. The van der Waals surface area contributed by atoms with E-state index in [1.165, 1.54) is 36.1 Å². The topological polar surface area (TPSA) is 12.0 Å². The first-order chi connectivity index (χ1) is 7.07. The molecule has 0 aromatic heterocycles. The molecule has 1 heterocycles. The van der Waals surface area contributed by atoms with Gasteiger partial charge >= 0.3 is 0 Å². The molecule has 1 aliphatic rings. The van der Waals surface area contributed by atoms with Crippen LogP contribution >= 0.6 is 0 Å². The Morgan fingerprint density at radius 1 is 1.20 bits per heavy atom. The van der Waals surface area contributed by atoms with Crippen LogP contribution in [0.5, 0.6) is 0 Å². The van der Waals surface area contributed by atoms with Crippen LogP contribution in [-0.2, 0) is 6.42 Å². The van der Waals surface area contributed by atoms with Crippen molar-refractivity contribution < 1.29 is 0 Å². The zero-order valence-electron chi connectivity index (χ0n) is 10.1. The summed E-state index contributed by atoms with van der Waals surface area (Å²) in [4.78, 5) is 0. The van der Waals surface area contributed by atoms with Crippen molar-refractivity contribution in [2.24, 2.45) is 0 Å². The van der Waals surface area contributed by atoms with E-state index in [4.69, 9.17) is 0 Å². The van der Waals surface area contributed by atoms with Crippen LogP contribution in [0.25, 0.3) is 0 Å². The Bertz CT molecular complexity index is 328. The Morgan fingerprint density at radius 3 is 2.40 bits per heavy atom. The number of hydrogen-bond acceptors (Lipinski definition) is 1. The lowest BCUT2D eigenvalue weighted by Gasteiger charge is -2.24. The predicted molar refractivity (Wildman–Crippen MR) is 65.3 cm³/mol. The first-order valence-corrected chi connectivity index (χ1v) is 5.90. The zero-order valence-corrected chi connectivity index (χ0v) is 10.1. The molecule has 1 N–H and O–H groups in total. The van der Waals surface area contributed by atoms with Crippen molar-refractivity contribution in [3.8, 4) is 0 Å². The number of rotatable bonds is 2. The summed E-state index contributed by atoms with van der Waals surface area (Å²) in [7, 11) is 0. The molecule has 15 heavy (non-hydrogen) atoms. The van der Waals surface area contributed by atoms with Gasteiger partial charge in [-0.05, 0) is 52.1 Å². The van der Waals surface area contributed by atoms with Crippen molar-refractivity contribution in [1.82, 2.24) is 5.32 Å². The van der Waals surface area contributed by atoms with Crippen molar-refractivity contribution >= 4 is 0 Å². The fourth-order valence-electron chi connectivity index (χ4n) is 2.73. The molecule has 1 aromatic rings. The second-order valence-corrected chi connectivity index (χ2v) is 5.26. The van der Waals surface area contributed by atoms with Gasteiger partial charge in [0, 0.05) is 5.54 Å². The van der Waals surface area contributed by atoms with Crippen molar-refractivity contribution in [2.45, 2.75) is 45.6 Å². The van der Waals surface area contributed by atoms with Gasteiger partial charge in [0.15, 0.2) is 0 Å². The first-order valence-electron chi connectivity index (χ1n) is 5.90. The van der Waals surface area contributed by atoms with Crippen LogP contribution in [0.3, 0.4) is 0 Å². The summed E-state index contributed by atoms with van der Waals surface area (Å²) in [5.41, 5.74) is 4.57. The normalized spacial score (nSPS) is 25.8. The lowest BCUT2D eigenvalue weighted by molar-refractivity contribution is 0.412. The molecule has 0 amide bonds. The quantitative estimate of drug-likeness (QED) is 0.779. The van der Waals surface area contributed by atoms with Gasteiger partial charge in [-0.25, -0.2) is 0 Å². The molecule has 2 rings (SSSR count). The Morgan fingerprint density at radius 2 is 1.87 bits per heavy atom. The minimum Gasteiger partial charge on any atom is -0.311 e. The average molecular weight is 203 g/mol. The van der Waals surface area contributed by atoms with Gasteiger partial charge in [-0.1, -0.05) is 29.3 Å². The van der Waals surface area contributed by atoms with E-state index in [9.17, 15) is 0 Å². The number of nitrogens with one attached hydrogen (secondary N) is 1. The second kappa shape index (κ2) is 3.97. The molecular weight excluding hydrogens is 182 g/mol. The standard InChI is InChI=1S/C14H21N/c1-11-7-12(2)9-13(8-11)10-14(3)5-4-6-15-14/h7-9,15H,4-6,10H2,1-3H3. The molecule has 0 bridgehead atoms. The van der Waals surface area contributed by atoms with Gasteiger partial charge in [-0.2, -0.15) is 0 Å². The fourth-order valence-corrected chi connectivity index (χ4v) is 2.73. The Kier molecular flexibility index (Phi) is 2.83. The average Bonchev–Trinajstić information content (AvgIpc) is 2.49. The van der Waals surface area contributed by atoms with E-state index in [0.717, 1.165) is 6.42 Å². The highest BCUT2D eigenvalue weighted by atomic mass is 15.0. The second-order valence-electron chi connectivity index (χ2n) is 5.26. The third-order valence-corrected chi connectivity index (χ3v) is 3.33. The highest BCUT2D eigenvalue weighted by molar-refractivity contribution is 5.29. The molecule has 82 valence electrons. The van der Waals surface area contributed by atoms with Gasteiger partial charge < -0.3 is 5.32 Å². The van der Waals surface area contributed by atoms with Crippen LogP contribution < -0.4 is 5.32 Å². The monoisotopic (exact) mass is 203 g/mol. The first kappa shape index (κ1) is 10.7. The van der Waals surface area contributed by atoms with Gasteiger partial charge in [0.05, 0.1) is 0 Å². The van der Waals surface area contributed by atoms with Crippen LogP contribution in [0.4, 0.5) is 0 Å². The maximum atomic E-state index is 3.62. The summed E-state index contributed by atoms with van der Waals surface area (Å²) >= 11 is 0. The molecule has 0 saturated carbocycles. The fraction of sp³-hybridized carbons (Fsp3) is 0.571. The molecule has 1 aliphatic heterocycles. The van der Waals surface area contributed by atoms with Crippen LogP contribution in [0.1, 0.15) is 36.5 Å². The summed E-state index contributed by atoms with van der Waals surface area (Å²) in [6.45, 7) is 7.89. The largest absolute Gasteiger partial charge is 0.311 e. The van der Waals surface area contributed by atoms with Gasteiger partial charge in [-0.15, -0.1) is 0 Å². The van der Waals surface area contributed by atoms with Crippen molar-refractivity contribution in [3.63, 3.8) is 0 Å². The molecule has 0 radical (unpaired) electrons. The molecule has 1 aromatic carbocycles. The van der Waals surface area contributed by atoms with Gasteiger partial charge in [0.1, 0.15) is 0 Å². The minimum absolute atomic E-state index is 0.334. The smallest absolute Gasteiger partial charge is 0.0194 e. The molecule has 0 aliphatic carbocycles. The zero-order chi connectivity index (χ0) is 10.9. The van der Waals surface area contributed by atoms with E-state index in [1.54, 1.807) is 0 Å². The van der Waals surface area contributed by atoms with Crippen molar-refractivity contribution in [1.29, 1.82) is 0 Å². The highest BCUT2D eigenvalue weighted by Crippen LogP contribution is 2.24. The molecule has 1 fully saturated rings. The lowest BCUT2D eigenvalue weighted by Crippen LogP contribution is -2.38. The number of benzene rings is 1. The van der Waals surface area contributed by atoms with E-state index in [0.29, 0.717) is 5.54 Å². The van der Waals surface area contributed by atoms with Crippen LogP contribution in [0, 0.1) is 13.8 Å². The summed E-state index contributed by atoms with van der Waals surface area (Å²) < 4.78 is 0. The Labute approximate surface area is 92.9 Å². The van der Waals surface area contributed by atoms with Gasteiger partial charge in [0.25, 0.3) is 0 Å². The van der Waals surface area contributed by atoms with E-state index in [2.05, 4.69) is 44.3 Å². The maximum absolute atomic E-state index is 3.62. The number of hydrogen-bond donors (Lipinski definition) is 1. The van der Waals surface area contributed by atoms with E-state index >= 15 is 0 Å². The van der Waals surface area contributed by atoms with E-state index < -0.39 is 0 Å². The molecule has 0 spiro atoms. The Balaban J connectivity index is 2.16. The highest BCUT2D eigenvalue weighted by Gasteiger charge is 2.27. The van der Waals surface area contributed by atoms with Crippen LogP contribution in [0.15, 0.2) is 18.2 Å². The number of aryl methyl sites for hydroxylation is 2. The third-order valence-electron chi connectivity index (χ3n) is 3.33. The molecule has 1 atom stereocenters. The molecule has 1 nitrogen and oxygen atoms in total. The van der Waals surface area contributed by atoms with Crippen LogP contribution in [0.2, 0.25) is 0 Å². The molecule has 1 saturated heterocycles. The summed E-state index contributed by atoms with van der Waals surface area (Å²) in [5.74, 6) is 0. The third kappa shape index (κ3) is 2.60. The van der Waals surface area contributed by atoms with E-state index in [1.807, 2.05) is 0 Å². The molecule has 1 heteroatoms. The SMILES string of the molecule is Cc1cc(C)cc(CC2(C)CCCN2)c1. The minimum atomic E-state index is 0.334. The van der Waals surface area contributed by atoms with E-state index in [-0.39, 0.29) is 0 Å². The van der Waals surface area contributed by atoms with Crippen LogP contribution in [-0.4, -0.2) is 12.1 Å². The summed E-state index contributed by atoms with van der Waals surface area (Å²) in [5, 5.41) is 3.62. The lowest BCUT2D eigenvalue weighted by atomic mass is 9.90. The molecular formula is C14H21N. The summed E-state index contributed by atoms with van der Waals surface area (Å²) in [6, 6.07) is 6.88. The van der Waals surface area contributed by atoms with Gasteiger partial charge in [-0.3, -0.25) is 0 Å². The van der Waals surface area contributed by atoms with Crippen molar-refractivity contribution in [2.75, 3.05) is 6.54 Å². The van der Waals surface area contributed by atoms with Gasteiger partial charge in [0.2, 0.25) is 0 Å². The Hall–Kier alpha value is -0.820. The predicted octanol–water partition coefficient (Wildman–Crippen LogP) is 2.99.